The highest BCUT2D eigenvalue weighted by atomic mass is 35.5. The van der Waals surface area contributed by atoms with Gasteiger partial charge >= 0.3 is 0 Å². The molecule has 5 heteroatoms. The summed E-state index contributed by atoms with van der Waals surface area (Å²) in [4.78, 5) is 17.0. The minimum absolute atomic E-state index is 0.0395. The number of carbonyl (C=O) groups is 1. The minimum atomic E-state index is 0.0395. The van der Waals surface area contributed by atoms with E-state index in [0.717, 1.165) is 24.7 Å². The van der Waals surface area contributed by atoms with Crippen LogP contribution in [0, 0.1) is 11.8 Å². The molecule has 0 radical (unpaired) electrons. The Balaban J connectivity index is 1.65. The number of carbonyl (C=O) groups excluding carboxylic acids is 1. The second kappa shape index (κ2) is 6.62. The molecule has 0 aromatic heterocycles. The first-order chi connectivity index (χ1) is 10.9. The molecule has 0 bridgehead atoms. The highest BCUT2D eigenvalue weighted by molar-refractivity contribution is 6.42. The quantitative estimate of drug-likeness (QED) is 0.812. The normalized spacial score (nSPS) is 29.8. The topological polar surface area (TPSA) is 23.6 Å². The average molecular weight is 355 g/mol. The fraction of sp³-hybridized carbons (Fsp3) is 0.611. The molecule has 23 heavy (non-hydrogen) atoms. The number of nitrogens with zero attached hydrogens (tertiary/aromatic N) is 2. The first kappa shape index (κ1) is 17.1. The van der Waals surface area contributed by atoms with Crippen LogP contribution in [0.1, 0.15) is 36.0 Å². The van der Waals surface area contributed by atoms with Gasteiger partial charge in [0.25, 0.3) is 5.91 Å². The first-order valence-corrected chi connectivity index (χ1v) is 9.01. The smallest absolute Gasteiger partial charge is 0.253 e. The SMILES string of the molecule is CN(C)C1C[C@@H]2CC(N(C)C(=O)c3ccc(Cl)c(Cl)c3)C[C@@H]2C1. The van der Waals surface area contributed by atoms with Gasteiger partial charge in [0, 0.05) is 24.7 Å². The van der Waals surface area contributed by atoms with Gasteiger partial charge < -0.3 is 9.80 Å². The van der Waals surface area contributed by atoms with E-state index in [9.17, 15) is 4.79 Å². The fourth-order valence-electron chi connectivity index (χ4n) is 4.29. The van der Waals surface area contributed by atoms with Crippen molar-refractivity contribution in [2.24, 2.45) is 11.8 Å². The minimum Gasteiger partial charge on any atom is -0.339 e. The predicted octanol–water partition coefficient (Wildman–Crippen LogP) is 4.18. The first-order valence-electron chi connectivity index (χ1n) is 8.25. The standard InChI is InChI=1S/C18H24Cl2N2O/c1-21(2)14-6-12-8-15(9-13(12)7-14)22(3)18(23)11-4-5-16(19)17(20)10-11/h4-5,10,12-15H,6-9H2,1-3H3/t12-,13+,14?,15?. The number of fused-ring (bicyclic) bond motifs is 1. The summed E-state index contributed by atoms with van der Waals surface area (Å²) in [5.74, 6) is 1.56. The van der Waals surface area contributed by atoms with Crippen molar-refractivity contribution < 1.29 is 4.79 Å². The maximum absolute atomic E-state index is 12.7. The third-order valence-electron chi connectivity index (χ3n) is 5.73. The Morgan fingerprint density at radius 2 is 1.52 bits per heavy atom. The van der Waals surface area contributed by atoms with Crippen molar-refractivity contribution in [3.63, 3.8) is 0 Å². The molecule has 1 aromatic rings. The number of hydrogen-bond donors (Lipinski definition) is 0. The van der Waals surface area contributed by atoms with Gasteiger partial charge in [-0.1, -0.05) is 23.2 Å². The Kier molecular flexibility index (Phi) is 4.91. The molecule has 0 saturated heterocycles. The fourth-order valence-corrected chi connectivity index (χ4v) is 4.59. The monoisotopic (exact) mass is 354 g/mol. The average Bonchev–Trinajstić information content (AvgIpc) is 3.07. The van der Waals surface area contributed by atoms with Crippen molar-refractivity contribution in [1.29, 1.82) is 0 Å². The van der Waals surface area contributed by atoms with E-state index >= 15 is 0 Å². The molecule has 0 heterocycles. The van der Waals surface area contributed by atoms with Crippen molar-refractivity contribution in [2.75, 3.05) is 21.1 Å². The van der Waals surface area contributed by atoms with E-state index in [1.165, 1.54) is 12.8 Å². The molecule has 2 aliphatic carbocycles. The van der Waals surface area contributed by atoms with Gasteiger partial charge in [-0.2, -0.15) is 0 Å². The van der Waals surface area contributed by atoms with E-state index in [-0.39, 0.29) is 5.91 Å². The summed E-state index contributed by atoms with van der Waals surface area (Å²) in [5, 5.41) is 0.916. The van der Waals surface area contributed by atoms with E-state index < -0.39 is 0 Å². The lowest BCUT2D eigenvalue weighted by atomic mass is 10.0. The number of hydrogen-bond acceptors (Lipinski definition) is 2. The van der Waals surface area contributed by atoms with Crippen LogP contribution in [0.4, 0.5) is 0 Å². The van der Waals surface area contributed by atoms with Crippen LogP contribution >= 0.6 is 23.2 Å². The summed E-state index contributed by atoms with van der Waals surface area (Å²) in [6, 6.07) is 6.17. The molecule has 0 spiro atoms. The molecule has 1 amide bonds. The summed E-state index contributed by atoms with van der Waals surface area (Å²) in [6.07, 6.45) is 4.78. The van der Waals surface area contributed by atoms with Crippen LogP contribution in [0.3, 0.4) is 0 Å². The molecule has 3 rings (SSSR count). The summed E-state index contributed by atoms with van der Waals surface area (Å²) >= 11 is 12.0. The summed E-state index contributed by atoms with van der Waals surface area (Å²) < 4.78 is 0. The Labute approximate surface area is 148 Å². The lowest BCUT2D eigenvalue weighted by Gasteiger charge is -2.27. The highest BCUT2D eigenvalue weighted by Gasteiger charge is 2.44. The Morgan fingerprint density at radius 3 is 2.04 bits per heavy atom. The molecule has 1 aromatic carbocycles. The van der Waals surface area contributed by atoms with Gasteiger partial charge in [0.2, 0.25) is 0 Å². The van der Waals surface area contributed by atoms with Crippen molar-refractivity contribution in [1.82, 2.24) is 9.80 Å². The van der Waals surface area contributed by atoms with Gasteiger partial charge in [-0.05, 0) is 69.8 Å². The van der Waals surface area contributed by atoms with E-state index in [4.69, 9.17) is 23.2 Å². The molecule has 2 aliphatic rings. The van der Waals surface area contributed by atoms with Crippen LogP contribution in [0.5, 0.6) is 0 Å². The molecule has 2 unspecified atom stereocenters. The second-order valence-corrected chi connectivity index (χ2v) is 8.09. The maximum Gasteiger partial charge on any atom is 0.253 e. The van der Waals surface area contributed by atoms with E-state index in [1.807, 2.05) is 11.9 Å². The van der Waals surface area contributed by atoms with E-state index in [0.29, 0.717) is 27.7 Å². The van der Waals surface area contributed by atoms with Crippen LogP contribution < -0.4 is 0 Å². The molecular formula is C18H24Cl2N2O. The predicted molar refractivity (Wildman–Crippen MR) is 95.3 cm³/mol. The van der Waals surface area contributed by atoms with Crippen LogP contribution in [0.25, 0.3) is 0 Å². The van der Waals surface area contributed by atoms with Crippen LogP contribution in [-0.2, 0) is 0 Å². The van der Waals surface area contributed by atoms with Gasteiger partial charge in [0.1, 0.15) is 0 Å². The van der Waals surface area contributed by atoms with Crippen molar-refractivity contribution in [2.45, 2.75) is 37.8 Å². The van der Waals surface area contributed by atoms with Crippen LogP contribution in [-0.4, -0.2) is 48.9 Å². The lowest BCUT2D eigenvalue weighted by molar-refractivity contribution is 0.0726. The second-order valence-electron chi connectivity index (χ2n) is 7.28. The third-order valence-corrected chi connectivity index (χ3v) is 6.47. The number of rotatable bonds is 3. The molecule has 3 nitrogen and oxygen atoms in total. The van der Waals surface area contributed by atoms with Gasteiger partial charge in [-0.3, -0.25) is 4.79 Å². The third kappa shape index (κ3) is 3.38. The van der Waals surface area contributed by atoms with Gasteiger partial charge in [0.05, 0.1) is 10.0 Å². The number of amides is 1. The van der Waals surface area contributed by atoms with Crippen LogP contribution in [0.2, 0.25) is 10.0 Å². The van der Waals surface area contributed by atoms with Crippen molar-refractivity contribution in [3.8, 4) is 0 Å². The van der Waals surface area contributed by atoms with Crippen molar-refractivity contribution in [3.05, 3.63) is 33.8 Å². The molecule has 2 fully saturated rings. The Morgan fingerprint density at radius 1 is 0.957 bits per heavy atom. The molecular weight excluding hydrogens is 331 g/mol. The maximum atomic E-state index is 12.7. The number of halogens is 2. The van der Waals surface area contributed by atoms with E-state index in [2.05, 4.69) is 19.0 Å². The molecule has 4 atom stereocenters. The van der Waals surface area contributed by atoms with Crippen LogP contribution in [0.15, 0.2) is 18.2 Å². The van der Waals surface area contributed by atoms with Gasteiger partial charge in [0.15, 0.2) is 0 Å². The summed E-state index contributed by atoms with van der Waals surface area (Å²) in [6.45, 7) is 0. The largest absolute Gasteiger partial charge is 0.339 e. The Hall–Kier alpha value is -0.770. The Bertz CT molecular complexity index is 591. The number of benzene rings is 1. The zero-order valence-electron chi connectivity index (χ0n) is 13.9. The molecule has 126 valence electrons. The molecule has 0 aliphatic heterocycles. The zero-order valence-corrected chi connectivity index (χ0v) is 15.4. The van der Waals surface area contributed by atoms with E-state index in [1.54, 1.807) is 18.2 Å². The molecule has 2 saturated carbocycles. The van der Waals surface area contributed by atoms with Gasteiger partial charge in [-0.15, -0.1) is 0 Å². The zero-order chi connectivity index (χ0) is 16.7. The summed E-state index contributed by atoms with van der Waals surface area (Å²) in [7, 11) is 6.26. The highest BCUT2D eigenvalue weighted by Crippen LogP contribution is 2.46. The molecule has 0 N–H and O–H groups in total. The lowest BCUT2D eigenvalue weighted by Crippen LogP contribution is -2.36. The van der Waals surface area contributed by atoms with Crippen molar-refractivity contribution >= 4 is 29.1 Å². The van der Waals surface area contributed by atoms with Gasteiger partial charge in [-0.25, -0.2) is 0 Å². The summed E-state index contributed by atoms with van der Waals surface area (Å²) in [5.41, 5.74) is 0.616.